The van der Waals surface area contributed by atoms with Crippen molar-refractivity contribution in [2.75, 3.05) is 17.4 Å². The van der Waals surface area contributed by atoms with Crippen molar-refractivity contribution in [3.05, 3.63) is 95.0 Å². The molecule has 5 nitrogen and oxygen atoms in total. The lowest BCUT2D eigenvalue weighted by molar-refractivity contribution is -0.119. The van der Waals surface area contributed by atoms with Crippen LogP contribution in [0.15, 0.2) is 83.8 Å². The van der Waals surface area contributed by atoms with Gasteiger partial charge in [0.1, 0.15) is 6.54 Å². The van der Waals surface area contributed by atoms with Crippen LogP contribution in [0.3, 0.4) is 0 Å². The molecule has 0 aliphatic heterocycles. The van der Waals surface area contributed by atoms with Gasteiger partial charge in [-0.3, -0.25) is 9.10 Å². The molecule has 0 aromatic heterocycles. The van der Waals surface area contributed by atoms with Crippen molar-refractivity contribution in [1.29, 1.82) is 0 Å². The zero-order valence-corrected chi connectivity index (χ0v) is 19.0. The Bertz CT molecular complexity index is 1140. The molecule has 0 heterocycles. The maximum atomic E-state index is 13.4. The summed E-state index contributed by atoms with van der Waals surface area (Å²) in [5.74, 6) is -0.293. The fourth-order valence-electron chi connectivity index (χ4n) is 3.22. The van der Waals surface area contributed by atoms with Crippen molar-refractivity contribution in [3.63, 3.8) is 0 Å². The second kappa shape index (κ2) is 9.98. The monoisotopic (exact) mass is 456 g/mol. The van der Waals surface area contributed by atoms with Gasteiger partial charge < -0.3 is 5.32 Å². The Balaban J connectivity index is 1.85. The number of nitrogens with zero attached hydrogens (tertiary/aromatic N) is 1. The number of carbonyl (C=O) groups excluding carboxylic acids is 1. The molecule has 0 fully saturated rings. The Morgan fingerprint density at radius 1 is 1.00 bits per heavy atom. The maximum Gasteiger partial charge on any atom is 0.264 e. The number of rotatable bonds is 8. The van der Waals surface area contributed by atoms with Crippen molar-refractivity contribution in [3.8, 4) is 0 Å². The van der Waals surface area contributed by atoms with Gasteiger partial charge in [0.25, 0.3) is 10.0 Å². The van der Waals surface area contributed by atoms with E-state index in [0.717, 1.165) is 9.87 Å². The molecule has 3 aromatic rings. The second-order valence-corrected chi connectivity index (χ2v) is 9.67. The molecule has 31 heavy (non-hydrogen) atoms. The molecule has 0 radical (unpaired) electrons. The summed E-state index contributed by atoms with van der Waals surface area (Å²) in [6.45, 7) is 3.85. The normalized spacial score (nSPS) is 12.2. The molecule has 7 heteroatoms. The van der Waals surface area contributed by atoms with Gasteiger partial charge in [-0.15, -0.1) is 0 Å². The molecule has 0 saturated carbocycles. The number of sulfonamides is 1. The smallest absolute Gasteiger partial charge is 0.264 e. The van der Waals surface area contributed by atoms with Crippen LogP contribution in [0.1, 0.15) is 24.0 Å². The molecule has 0 aliphatic rings. The van der Waals surface area contributed by atoms with Gasteiger partial charge in [-0.2, -0.15) is 0 Å². The first-order valence-electron chi connectivity index (χ1n) is 9.94. The minimum atomic E-state index is -3.97. The number of anilines is 1. The van der Waals surface area contributed by atoms with E-state index >= 15 is 0 Å². The predicted octanol–water partition coefficient (Wildman–Crippen LogP) is 4.76. The van der Waals surface area contributed by atoms with Crippen LogP contribution < -0.4 is 9.62 Å². The van der Waals surface area contributed by atoms with Crippen molar-refractivity contribution in [1.82, 2.24) is 5.32 Å². The molecule has 0 spiro atoms. The van der Waals surface area contributed by atoms with Crippen LogP contribution in [-0.2, 0) is 14.8 Å². The minimum absolute atomic E-state index is 0.0947. The predicted molar refractivity (Wildman–Crippen MR) is 125 cm³/mol. The first kappa shape index (κ1) is 22.8. The Kier molecular flexibility index (Phi) is 7.36. The minimum Gasteiger partial charge on any atom is -0.354 e. The summed E-state index contributed by atoms with van der Waals surface area (Å²) < 4.78 is 27.9. The number of nitrogens with one attached hydrogen (secondary N) is 1. The topological polar surface area (TPSA) is 66.5 Å². The summed E-state index contributed by atoms with van der Waals surface area (Å²) >= 11 is 6.14. The highest BCUT2D eigenvalue weighted by molar-refractivity contribution is 7.92. The van der Waals surface area contributed by atoms with E-state index in [1.165, 1.54) is 12.1 Å². The number of hydrogen-bond donors (Lipinski definition) is 1. The van der Waals surface area contributed by atoms with Crippen molar-refractivity contribution < 1.29 is 13.2 Å². The fraction of sp³-hybridized carbons (Fsp3) is 0.208. The molecule has 0 saturated heterocycles. The molecule has 3 rings (SSSR count). The van der Waals surface area contributed by atoms with Gasteiger partial charge in [-0.1, -0.05) is 73.1 Å². The van der Waals surface area contributed by atoms with E-state index in [-0.39, 0.29) is 23.3 Å². The van der Waals surface area contributed by atoms with E-state index in [4.69, 9.17) is 11.6 Å². The van der Waals surface area contributed by atoms with E-state index in [1.807, 2.05) is 37.3 Å². The van der Waals surface area contributed by atoms with Crippen LogP contribution in [-0.4, -0.2) is 27.4 Å². The van der Waals surface area contributed by atoms with E-state index < -0.39 is 10.0 Å². The molecule has 162 valence electrons. The van der Waals surface area contributed by atoms with Crippen LogP contribution in [0.2, 0.25) is 5.02 Å². The summed E-state index contributed by atoms with van der Waals surface area (Å²) in [6, 6.07) is 22.9. The molecular formula is C24H25ClN2O3S. The number of amides is 1. The zero-order valence-electron chi connectivity index (χ0n) is 17.5. The second-order valence-electron chi connectivity index (χ2n) is 7.37. The Morgan fingerprint density at radius 2 is 1.61 bits per heavy atom. The Hall–Kier alpha value is -2.83. The highest BCUT2D eigenvalue weighted by Crippen LogP contribution is 2.29. The molecule has 1 amide bonds. The van der Waals surface area contributed by atoms with Gasteiger partial charge in [0.05, 0.1) is 10.6 Å². The summed E-state index contributed by atoms with van der Waals surface area (Å²) in [5.41, 5.74) is 2.18. The van der Waals surface area contributed by atoms with E-state index in [9.17, 15) is 13.2 Å². The largest absolute Gasteiger partial charge is 0.354 e. The number of carbonyl (C=O) groups is 1. The van der Waals surface area contributed by atoms with Crippen molar-refractivity contribution in [2.45, 2.75) is 24.7 Å². The highest BCUT2D eigenvalue weighted by Gasteiger charge is 2.28. The van der Waals surface area contributed by atoms with Gasteiger partial charge in [-0.05, 0) is 48.2 Å². The van der Waals surface area contributed by atoms with Crippen LogP contribution >= 0.6 is 11.6 Å². The van der Waals surface area contributed by atoms with Crippen LogP contribution in [0, 0.1) is 6.92 Å². The lowest BCUT2D eigenvalue weighted by Gasteiger charge is -2.26. The lowest BCUT2D eigenvalue weighted by Crippen LogP contribution is -2.42. The summed E-state index contributed by atoms with van der Waals surface area (Å²) in [5, 5.41) is 3.26. The molecule has 0 bridgehead atoms. The average Bonchev–Trinajstić information content (AvgIpc) is 2.78. The van der Waals surface area contributed by atoms with Crippen molar-refractivity contribution >= 4 is 33.2 Å². The summed E-state index contributed by atoms with van der Waals surface area (Å²) in [4.78, 5) is 12.9. The molecule has 3 aromatic carbocycles. The highest BCUT2D eigenvalue weighted by atomic mass is 35.5. The summed E-state index contributed by atoms with van der Waals surface area (Å²) in [7, 11) is -3.97. The summed E-state index contributed by atoms with van der Waals surface area (Å²) in [6.07, 6.45) is 0. The number of aryl methyl sites for hydroxylation is 1. The standard InChI is InChI=1S/C24H25ClN2O3S/c1-18-13-14-21(25)15-23(18)27(31(29,30)22-11-7-4-8-12-22)17-24(28)26-16-19(2)20-9-5-3-6-10-20/h3-15,19H,16-17H2,1-2H3,(H,26,28). The Morgan fingerprint density at radius 3 is 2.26 bits per heavy atom. The molecule has 1 atom stereocenters. The van der Waals surface area contributed by atoms with E-state index in [0.29, 0.717) is 22.8 Å². The van der Waals surface area contributed by atoms with Crippen LogP contribution in [0.5, 0.6) is 0 Å². The molecule has 0 aliphatic carbocycles. The zero-order chi connectivity index (χ0) is 22.4. The van der Waals surface area contributed by atoms with Gasteiger partial charge >= 0.3 is 0 Å². The van der Waals surface area contributed by atoms with Crippen molar-refractivity contribution in [2.24, 2.45) is 0 Å². The van der Waals surface area contributed by atoms with Crippen LogP contribution in [0.25, 0.3) is 0 Å². The van der Waals surface area contributed by atoms with Gasteiger partial charge in [-0.25, -0.2) is 8.42 Å². The SMILES string of the molecule is Cc1ccc(Cl)cc1N(CC(=O)NCC(C)c1ccccc1)S(=O)(=O)c1ccccc1. The molecular weight excluding hydrogens is 432 g/mol. The molecule has 1 N–H and O–H groups in total. The maximum absolute atomic E-state index is 13.4. The third-order valence-corrected chi connectivity index (χ3v) is 7.04. The Labute approximate surface area is 188 Å². The fourth-order valence-corrected chi connectivity index (χ4v) is 4.89. The first-order valence-corrected chi connectivity index (χ1v) is 11.8. The van der Waals surface area contributed by atoms with Crippen LogP contribution in [0.4, 0.5) is 5.69 Å². The number of benzene rings is 3. The average molecular weight is 457 g/mol. The quantitative estimate of drug-likeness (QED) is 0.531. The van der Waals surface area contributed by atoms with E-state index in [1.54, 1.807) is 43.3 Å². The molecule has 1 unspecified atom stereocenters. The third kappa shape index (κ3) is 5.66. The number of halogens is 1. The van der Waals surface area contributed by atoms with Gasteiger partial charge in [0.15, 0.2) is 0 Å². The lowest BCUT2D eigenvalue weighted by atomic mass is 10.0. The first-order chi connectivity index (χ1) is 14.8. The van der Waals surface area contributed by atoms with Gasteiger partial charge in [0.2, 0.25) is 5.91 Å². The number of hydrogen-bond acceptors (Lipinski definition) is 3. The third-order valence-electron chi connectivity index (χ3n) is 5.03. The van der Waals surface area contributed by atoms with Gasteiger partial charge in [0, 0.05) is 11.6 Å². The van der Waals surface area contributed by atoms with E-state index in [2.05, 4.69) is 5.32 Å².